The maximum Gasteiger partial charge on any atom is 0.268 e. The number of fused-ring (bicyclic) bond motifs is 3. The Morgan fingerprint density at radius 3 is 2.54 bits per heavy atom. The number of hydrogen-bond acceptors (Lipinski definition) is 4. The number of para-hydroxylation sites is 2. The fraction of sp³-hybridized carbons (Fsp3) is 0.455. The van der Waals surface area contributed by atoms with Gasteiger partial charge >= 0.3 is 0 Å². The van der Waals surface area contributed by atoms with E-state index >= 15 is 0 Å². The van der Waals surface area contributed by atoms with E-state index in [2.05, 4.69) is 6.07 Å². The highest BCUT2D eigenvalue weighted by atomic mass is 32.2. The highest BCUT2D eigenvalue weighted by molar-refractivity contribution is 7.93. The van der Waals surface area contributed by atoms with Crippen LogP contribution in [0.1, 0.15) is 37.8 Å². The Morgan fingerprint density at radius 2 is 1.75 bits per heavy atom. The Morgan fingerprint density at radius 1 is 1.00 bits per heavy atom. The molecule has 3 aliphatic rings. The van der Waals surface area contributed by atoms with Crippen LogP contribution < -0.4 is 9.04 Å². The van der Waals surface area contributed by atoms with Crippen molar-refractivity contribution in [1.82, 2.24) is 0 Å². The number of nitrogens with zero attached hydrogens (tertiary/aromatic N) is 1. The molecule has 3 aliphatic heterocycles. The van der Waals surface area contributed by atoms with Gasteiger partial charge in [0.1, 0.15) is 16.2 Å². The third-order valence-electron chi connectivity index (χ3n) is 6.26. The summed E-state index contributed by atoms with van der Waals surface area (Å²) in [5.74, 6) is 0.512. The van der Waals surface area contributed by atoms with Crippen LogP contribution in [-0.4, -0.2) is 33.8 Å². The number of hydrogen-bond donors (Lipinski definition) is 0. The molecule has 0 N–H and O–H groups in total. The van der Waals surface area contributed by atoms with Gasteiger partial charge in [0.05, 0.1) is 5.69 Å². The Balaban J connectivity index is 1.62. The maximum absolute atomic E-state index is 13.8. The summed E-state index contributed by atoms with van der Waals surface area (Å²) >= 11 is 0. The van der Waals surface area contributed by atoms with Crippen molar-refractivity contribution < 1.29 is 17.9 Å². The fourth-order valence-electron chi connectivity index (χ4n) is 4.90. The standard InChI is InChI=1S/C22H25NO4S/c1-21(2)14-16-6-5-9-19(20(16)27-21)28(24,25)23-15-22(10-12-26-13-11-22)17-7-3-4-8-18(17)23/h3-9H,10-15H2,1-2H3. The van der Waals surface area contributed by atoms with Crippen LogP contribution in [0.2, 0.25) is 0 Å². The van der Waals surface area contributed by atoms with E-state index in [4.69, 9.17) is 9.47 Å². The zero-order valence-electron chi connectivity index (χ0n) is 16.3. The van der Waals surface area contributed by atoms with Gasteiger partial charge in [-0.1, -0.05) is 30.3 Å². The lowest BCUT2D eigenvalue weighted by molar-refractivity contribution is 0.0560. The quantitative estimate of drug-likeness (QED) is 0.773. The summed E-state index contributed by atoms with van der Waals surface area (Å²) < 4.78 is 40.9. The van der Waals surface area contributed by atoms with Gasteiger partial charge in [-0.05, 0) is 49.9 Å². The molecule has 1 spiro atoms. The molecule has 3 heterocycles. The first-order chi connectivity index (χ1) is 13.3. The molecule has 0 radical (unpaired) electrons. The van der Waals surface area contributed by atoms with Gasteiger partial charge in [0.15, 0.2) is 0 Å². The Bertz CT molecular complexity index is 1040. The summed E-state index contributed by atoms with van der Waals surface area (Å²) in [6, 6.07) is 13.4. The second-order valence-corrected chi connectivity index (χ2v) is 10.5. The number of rotatable bonds is 2. The van der Waals surface area contributed by atoms with Crippen molar-refractivity contribution in [2.75, 3.05) is 24.1 Å². The molecular weight excluding hydrogens is 374 g/mol. The molecule has 5 rings (SSSR count). The lowest BCUT2D eigenvalue weighted by Gasteiger charge is -2.34. The summed E-state index contributed by atoms with van der Waals surface area (Å²) in [5.41, 5.74) is 2.31. The predicted molar refractivity (Wildman–Crippen MR) is 108 cm³/mol. The molecule has 2 aromatic rings. The van der Waals surface area contributed by atoms with E-state index in [9.17, 15) is 8.42 Å². The number of ether oxygens (including phenoxy) is 2. The molecule has 0 saturated carbocycles. The van der Waals surface area contributed by atoms with E-state index < -0.39 is 15.6 Å². The molecule has 1 saturated heterocycles. The van der Waals surface area contributed by atoms with Gasteiger partial charge in [-0.2, -0.15) is 0 Å². The third kappa shape index (κ3) is 2.58. The van der Waals surface area contributed by atoms with Gasteiger partial charge in [-0.15, -0.1) is 0 Å². The molecule has 0 aromatic heterocycles. The summed E-state index contributed by atoms with van der Waals surface area (Å²) in [6.45, 7) is 5.78. The van der Waals surface area contributed by atoms with Gasteiger partial charge < -0.3 is 9.47 Å². The Labute approximate surface area is 166 Å². The lowest BCUT2D eigenvalue weighted by Crippen LogP contribution is -2.40. The van der Waals surface area contributed by atoms with Crippen LogP contribution in [0.25, 0.3) is 0 Å². The van der Waals surface area contributed by atoms with Gasteiger partial charge in [0.25, 0.3) is 10.0 Å². The molecule has 0 atom stereocenters. The van der Waals surface area contributed by atoms with E-state index in [1.54, 1.807) is 10.4 Å². The SMILES string of the molecule is CC1(C)Cc2cccc(S(=O)(=O)N3CC4(CCOCC4)c4ccccc43)c2O1. The molecule has 0 aliphatic carbocycles. The van der Waals surface area contributed by atoms with Gasteiger partial charge in [0.2, 0.25) is 0 Å². The van der Waals surface area contributed by atoms with Crippen LogP contribution in [0, 0.1) is 0 Å². The van der Waals surface area contributed by atoms with E-state index in [0.29, 0.717) is 31.9 Å². The topological polar surface area (TPSA) is 55.8 Å². The number of benzene rings is 2. The van der Waals surface area contributed by atoms with Gasteiger partial charge in [-0.25, -0.2) is 8.42 Å². The molecule has 28 heavy (non-hydrogen) atoms. The van der Waals surface area contributed by atoms with Crippen molar-refractivity contribution in [3.63, 3.8) is 0 Å². The first-order valence-electron chi connectivity index (χ1n) is 9.83. The fourth-order valence-corrected chi connectivity index (χ4v) is 6.63. The van der Waals surface area contributed by atoms with Gasteiger partial charge in [0, 0.05) is 31.6 Å². The predicted octanol–water partition coefficient (Wildman–Crippen LogP) is 3.66. The highest BCUT2D eigenvalue weighted by Gasteiger charge is 2.48. The summed E-state index contributed by atoms with van der Waals surface area (Å²) in [4.78, 5) is 0.273. The van der Waals surface area contributed by atoms with Crippen molar-refractivity contribution >= 4 is 15.7 Å². The first-order valence-corrected chi connectivity index (χ1v) is 11.3. The summed E-state index contributed by atoms with van der Waals surface area (Å²) in [5, 5.41) is 0. The normalized spacial score (nSPS) is 22.0. The maximum atomic E-state index is 13.8. The van der Waals surface area contributed by atoms with Crippen molar-refractivity contribution in [2.45, 2.75) is 49.0 Å². The molecular formula is C22H25NO4S. The van der Waals surface area contributed by atoms with Crippen LogP contribution >= 0.6 is 0 Å². The van der Waals surface area contributed by atoms with Crippen LogP contribution in [0.3, 0.4) is 0 Å². The van der Waals surface area contributed by atoms with Crippen LogP contribution in [0.4, 0.5) is 5.69 Å². The van der Waals surface area contributed by atoms with Crippen molar-refractivity contribution in [3.05, 3.63) is 53.6 Å². The molecule has 1 fully saturated rings. The molecule has 148 valence electrons. The minimum absolute atomic E-state index is 0.167. The largest absolute Gasteiger partial charge is 0.486 e. The molecule has 0 bridgehead atoms. The zero-order chi connectivity index (χ0) is 19.6. The van der Waals surface area contributed by atoms with Crippen molar-refractivity contribution in [3.8, 4) is 5.75 Å². The van der Waals surface area contributed by atoms with E-state index in [1.807, 2.05) is 44.2 Å². The third-order valence-corrected chi connectivity index (χ3v) is 8.05. The summed E-state index contributed by atoms with van der Waals surface area (Å²) in [7, 11) is -3.74. The van der Waals surface area contributed by atoms with E-state index in [0.717, 1.165) is 29.7 Å². The van der Waals surface area contributed by atoms with Gasteiger partial charge in [-0.3, -0.25) is 4.31 Å². The monoisotopic (exact) mass is 399 g/mol. The minimum atomic E-state index is -3.74. The zero-order valence-corrected chi connectivity index (χ0v) is 17.1. The Hall–Kier alpha value is -2.05. The second kappa shape index (κ2) is 5.97. The van der Waals surface area contributed by atoms with E-state index in [1.165, 1.54) is 0 Å². The molecule has 0 amide bonds. The Kier molecular flexibility index (Phi) is 3.84. The van der Waals surface area contributed by atoms with Crippen molar-refractivity contribution in [1.29, 1.82) is 0 Å². The second-order valence-electron chi connectivity index (χ2n) is 8.70. The van der Waals surface area contributed by atoms with Crippen LogP contribution in [0.15, 0.2) is 47.4 Å². The van der Waals surface area contributed by atoms with Crippen molar-refractivity contribution in [2.24, 2.45) is 0 Å². The van der Waals surface area contributed by atoms with Crippen LogP contribution in [-0.2, 0) is 26.6 Å². The van der Waals surface area contributed by atoms with E-state index in [-0.39, 0.29) is 10.3 Å². The minimum Gasteiger partial charge on any atom is -0.486 e. The summed E-state index contributed by atoms with van der Waals surface area (Å²) in [6.07, 6.45) is 2.39. The average Bonchev–Trinajstić information content (AvgIpc) is 3.16. The molecule has 5 nitrogen and oxygen atoms in total. The van der Waals surface area contributed by atoms with Crippen LogP contribution in [0.5, 0.6) is 5.75 Å². The first kappa shape index (κ1) is 18.0. The molecule has 0 unspecified atom stereocenters. The molecule has 2 aromatic carbocycles. The average molecular weight is 400 g/mol. The smallest absolute Gasteiger partial charge is 0.268 e. The lowest BCUT2D eigenvalue weighted by atomic mass is 9.76. The number of sulfonamides is 1. The highest BCUT2D eigenvalue weighted by Crippen LogP contribution is 2.50. The molecule has 6 heteroatoms. The number of anilines is 1.